The van der Waals surface area contributed by atoms with Crippen LogP contribution >= 0.6 is 0 Å². The maximum Gasteiger partial charge on any atom is 0.263 e. The second kappa shape index (κ2) is 9.77. The van der Waals surface area contributed by atoms with Gasteiger partial charge in [0.15, 0.2) is 6.10 Å². The number of piperazine rings is 1. The van der Waals surface area contributed by atoms with E-state index in [4.69, 9.17) is 4.74 Å². The molecule has 150 valence electrons. The summed E-state index contributed by atoms with van der Waals surface area (Å²) in [5.74, 6) is 1.42. The number of hydrogen-bond acceptors (Lipinski definition) is 3. The van der Waals surface area contributed by atoms with Crippen LogP contribution in [-0.4, -0.2) is 53.9 Å². The molecule has 0 aromatic heterocycles. The van der Waals surface area contributed by atoms with Crippen LogP contribution in [0, 0.1) is 5.92 Å². The average molecular weight is 375 g/mol. The Labute approximate surface area is 163 Å². The second-order valence-electron chi connectivity index (χ2n) is 7.62. The highest BCUT2D eigenvalue weighted by atomic mass is 16.5. The number of benzene rings is 1. The highest BCUT2D eigenvalue weighted by molar-refractivity contribution is 5.82. The molecule has 2 amide bonds. The van der Waals surface area contributed by atoms with Gasteiger partial charge in [0.2, 0.25) is 5.91 Å². The van der Waals surface area contributed by atoms with Gasteiger partial charge in [-0.05, 0) is 37.3 Å². The fraction of sp³-hybridized carbons (Fsp3) is 0.636. The van der Waals surface area contributed by atoms with Crippen LogP contribution in [0.2, 0.25) is 0 Å². The van der Waals surface area contributed by atoms with Crippen LogP contribution in [0.3, 0.4) is 0 Å². The number of nitrogens with zero attached hydrogens (tertiary/aromatic N) is 2. The monoisotopic (exact) mass is 374 g/mol. The van der Waals surface area contributed by atoms with E-state index in [1.54, 1.807) is 6.92 Å². The van der Waals surface area contributed by atoms with Crippen molar-refractivity contribution in [2.24, 2.45) is 5.92 Å². The van der Waals surface area contributed by atoms with Gasteiger partial charge in [-0.2, -0.15) is 0 Å². The Hall–Kier alpha value is -2.04. The summed E-state index contributed by atoms with van der Waals surface area (Å²) in [5, 5.41) is 0. The number of hydrogen-bond donors (Lipinski definition) is 0. The molecule has 0 N–H and O–H groups in total. The third-order valence-corrected chi connectivity index (χ3v) is 5.43. The van der Waals surface area contributed by atoms with Crippen molar-refractivity contribution in [2.75, 3.05) is 26.2 Å². The van der Waals surface area contributed by atoms with Gasteiger partial charge in [0.25, 0.3) is 5.91 Å². The Morgan fingerprint density at radius 2 is 1.44 bits per heavy atom. The van der Waals surface area contributed by atoms with Crippen molar-refractivity contribution in [3.63, 3.8) is 0 Å². The van der Waals surface area contributed by atoms with E-state index in [1.807, 2.05) is 34.1 Å². The first-order valence-corrected chi connectivity index (χ1v) is 10.2. The van der Waals surface area contributed by atoms with Gasteiger partial charge >= 0.3 is 0 Å². The van der Waals surface area contributed by atoms with Gasteiger partial charge < -0.3 is 14.5 Å². The Bertz CT molecular complexity index is 632. The van der Waals surface area contributed by atoms with E-state index in [0.717, 1.165) is 24.2 Å². The number of carbonyl (C=O) groups excluding carboxylic acids is 2. The summed E-state index contributed by atoms with van der Waals surface area (Å²) in [6, 6.07) is 7.89. The van der Waals surface area contributed by atoms with Crippen molar-refractivity contribution in [2.45, 2.75) is 59.5 Å². The van der Waals surface area contributed by atoms with E-state index in [1.165, 1.54) is 0 Å². The largest absolute Gasteiger partial charge is 0.481 e. The molecule has 1 atom stereocenters. The van der Waals surface area contributed by atoms with Crippen LogP contribution in [0.4, 0.5) is 0 Å². The van der Waals surface area contributed by atoms with Crippen LogP contribution in [0.1, 0.15) is 58.9 Å². The number of rotatable bonds is 7. The van der Waals surface area contributed by atoms with Gasteiger partial charge in [0, 0.05) is 32.1 Å². The Kier molecular flexibility index (Phi) is 7.69. The van der Waals surface area contributed by atoms with E-state index in [-0.39, 0.29) is 17.7 Å². The molecule has 5 heteroatoms. The van der Waals surface area contributed by atoms with Gasteiger partial charge in [0.05, 0.1) is 0 Å². The summed E-state index contributed by atoms with van der Waals surface area (Å²) >= 11 is 0. The molecule has 1 aromatic carbocycles. The van der Waals surface area contributed by atoms with Crippen molar-refractivity contribution in [3.8, 4) is 5.75 Å². The summed E-state index contributed by atoms with van der Waals surface area (Å²) < 4.78 is 6.00. The first kappa shape index (κ1) is 21.3. The molecule has 0 aliphatic carbocycles. The molecule has 1 unspecified atom stereocenters. The molecular formula is C22H34N2O3. The third kappa shape index (κ3) is 5.24. The molecule has 1 aliphatic heterocycles. The van der Waals surface area contributed by atoms with Crippen molar-refractivity contribution in [1.29, 1.82) is 0 Å². The smallest absolute Gasteiger partial charge is 0.263 e. The lowest BCUT2D eigenvalue weighted by atomic mass is 10.0. The predicted molar refractivity (Wildman–Crippen MR) is 108 cm³/mol. The van der Waals surface area contributed by atoms with Gasteiger partial charge in [0.1, 0.15) is 5.75 Å². The maximum atomic E-state index is 12.8. The molecule has 1 saturated heterocycles. The summed E-state index contributed by atoms with van der Waals surface area (Å²) in [6.07, 6.45) is 1.20. The Morgan fingerprint density at radius 3 is 1.96 bits per heavy atom. The van der Waals surface area contributed by atoms with Crippen molar-refractivity contribution in [3.05, 3.63) is 29.8 Å². The molecule has 27 heavy (non-hydrogen) atoms. The molecule has 0 radical (unpaired) electrons. The molecule has 2 rings (SSSR count). The van der Waals surface area contributed by atoms with Gasteiger partial charge in [-0.25, -0.2) is 0 Å². The van der Waals surface area contributed by atoms with Crippen LogP contribution in [0.25, 0.3) is 0 Å². The highest BCUT2D eigenvalue weighted by Crippen LogP contribution is 2.27. The molecule has 1 aromatic rings. The number of amides is 2. The third-order valence-electron chi connectivity index (χ3n) is 5.43. The van der Waals surface area contributed by atoms with Crippen LogP contribution in [0.5, 0.6) is 5.75 Å². The average Bonchev–Trinajstić information content (AvgIpc) is 2.68. The standard InChI is InChI=1S/C22H34N2O3/c1-6-18(7-2)22(26)24-14-12-23(13-15-24)21(25)17(5)27-20-11-9-8-10-19(20)16(3)4/h8-11,16-18H,6-7,12-15H2,1-5H3. The minimum Gasteiger partial charge on any atom is -0.481 e. The van der Waals surface area contributed by atoms with Gasteiger partial charge in [-0.15, -0.1) is 0 Å². The molecule has 0 spiro atoms. The molecule has 1 fully saturated rings. The molecule has 0 bridgehead atoms. The minimum atomic E-state index is -0.536. The molecule has 1 heterocycles. The lowest BCUT2D eigenvalue weighted by molar-refractivity contribution is -0.145. The molecular weight excluding hydrogens is 340 g/mol. The Morgan fingerprint density at radius 1 is 0.926 bits per heavy atom. The Balaban J connectivity index is 1.93. The zero-order valence-corrected chi connectivity index (χ0v) is 17.4. The minimum absolute atomic E-state index is 0.0109. The van der Waals surface area contributed by atoms with Crippen molar-refractivity contribution < 1.29 is 14.3 Å². The predicted octanol–water partition coefficient (Wildman–Crippen LogP) is 3.68. The number of para-hydroxylation sites is 1. The zero-order valence-electron chi connectivity index (χ0n) is 17.4. The molecule has 1 aliphatic rings. The number of ether oxygens (including phenoxy) is 1. The summed E-state index contributed by atoms with van der Waals surface area (Å²) in [7, 11) is 0. The van der Waals surface area contributed by atoms with Gasteiger partial charge in [-0.3, -0.25) is 9.59 Å². The van der Waals surface area contributed by atoms with E-state index in [0.29, 0.717) is 32.1 Å². The maximum absolute atomic E-state index is 12.8. The normalized spacial score (nSPS) is 16.0. The number of carbonyl (C=O) groups is 2. The summed E-state index contributed by atoms with van der Waals surface area (Å²) in [5.41, 5.74) is 1.11. The van der Waals surface area contributed by atoms with Crippen molar-refractivity contribution in [1.82, 2.24) is 9.80 Å². The van der Waals surface area contributed by atoms with E-state index >= 15 is 0 Å². The second-order valence-corrected chi connectivity index (χ2v) is 7.62. The van der Waals surface area contributed by atoms with Crippen molar-refractivity contribution >= 4 is 11.8 Å². The van der Waals surface area contributed by atoms with E-state index < -0.39 is 6.10 Å². The first-order valence-electron chi connectivity index (χ1n) is 10.2. The fourth-order valence-corrected chi connectivity index (χ4v) is 3.61. The van der Waals surface area contributed by atoms with E-state index in [9.17, 15) is 9.59 Å². The SMILES string of the molecule is CCC(CC)C(=O)N1CCN(C(=O)C(C)Oc2ccccc2C(C)C)CC1. The fourth-order valence-electron chi connectivity index (χ4n) is 3.61. The van der Waals surface area contributed by atoms with Crippen LogP contribution in [0.15, 0.2) is 24.3 Å². The quantitative estimate of drug-likeness (QED) is 0.731. The molecule has 5 nitrogen and oxygen atoms in total. The first-order chi connectivity index (χ1) is 12.9. The molecule has 0 saturated carbocycles. The zero-order chi connectivity index (χ0) is 20.0. The summed E-state index contributed by atoms with van der Waals surface area (Å²) in [6.45, 7) is 12.5. The van der Waals surface area contributed by atoms with Crippen LogP contribution in [-0.2, 0) is 9.59 Å². The van der Waals surface area contributed by atoms with Gasteiger partial charge in [-0.1, -0.05) is 45.9 Å². The topological polar surface area (TPSA) is 49.9 Å². The van der Waals surface area contributed by atoms with E-state index in [2.05, 4.69) is 27.7 Å². The lowest BCUT2D eigenvalue weighted by Gasteiger charge is -2.37. The summed E-state index contributed by atoms with van der Waals surface area (Å²) in [4.78, 5) is 29.0. The highest BCUT2D eigenvalue weighted by Gasteiger charge is 2.30. The van der Waals surface area contributed by atoms with Crippen LogP contribution < -0.4 is 4.74 Å². The lowest BCUT2D eigenvalue weighted by Crippen LogP contribution is -2.54.